The lowest BCUT2D eigenvalue weighted by Gasteiger charge is -2.45. The molecule has 3 rings (SSSR count). The predicted molar refractivity (Wildman–Crippen MR) is 167 cm³/mol. The summed E-state index contributed by atoms with van der Waals surface area (Å²) in [7, 11) is 0. The van der Waals surface area contributed by atoms with Crippen molar-refractivity contribution in [1.82, 2.24) is 15.5 Å². The average molecular weight is 572 g/mol. The number of nitrogens with one attached hydrogen (secondary N) is 2. The lowest BCUT2D eigenvalue weighted by atomic mass is 9.89. The number of hydrogen-bond acceptors (Lipinski definition) is 4. The first kappa shape index (κ1) is 32.4. The van der Waals surface area contributed by atoms with Crippen molar-refractivity contribution in [3.63, 3.8) is 0 Å². The molecule has 0 spiro atoms. The molecule has 0 saturated heterocycles. The fourth-order valence-corrected chi connectivity index (χ4v) is 4.79. The summed E-state index contributed by atoms with van der Waals surface area (Å²) in [6.07, 6.45) is 0.130. The van der Waals surface area contributed by atoms with Gasteiger partial charge in [-0.15, -0.1) is 0 Å². The zero-order valence-electron chi connectivity index (χ0n) is 25.9. The van der Waals surface area contributed by atoms with Gasteiger partial charge in [0.15, 0.2) is 0 Å². The van der Waals surface area contributed by atoms with Crippen molar-refractivity contribution in [3.05, 3.63) is 107 Å². The maximum atomic E-state index is 14.7. The average Bonchev–Trinajstić information content (AvgIpc) is 2.94. The summed E-state index contributed by atoms with van der Waals surface area (Å²) >= 11 is 0. The molecule has 224 valence electrons. The van der Waals surface area contributed by atoms with E-state index in [1.807, 2.05) is 113 Å². The van der Waals surface area contributed by atoms with E-state index in [1.54, 1.807) is 25.7 Å². The second-order valence-corrected chi connectivity index (χ2v) is 12.2. The zero-order chi connectivity index (χ0) is 30.9. The molecule has 7 nitrogen and oxygen atoms in total. The fourth-order valence-electron chi connectivity index (χ4n) is 4.79. The molecule has 7 heteroatoms. The zero-order valence-corrected chi connectivity index (χ0v) is 25.9. The van der Waals surface area contributed by atoms with E-state index in [9.17, 15) is 14.4 Å². The van der Waals surface area contributed by atoms with Crippen molar-refractivity contribution in [3.8, 4) is 0 Å². The number of benzene rings is 3. The van der Waals surface area contributed by atoms with Crippen molar-refractivity contribution >= 4 is 17.9 Å². The largest absolute Gasteiger partial charge is 0.444 e. The molecule has 3 amide bonds. The number of nitrogens with zero attached hydrogens (tertiary/aromatic N) is 1. The molecule has 0 aliphatic rings. The third-order valence-corrected chi connectivity index (χ3v) is 7.33. The fraction of sp³-hybridized carbons (Fsp3) is 0.400. The van der Waals surface area contributed by atoms with Crippen LogP contribution in [0.25, 0.3) is 0 Å². The first-order chi connectivity index (χ1) is 19.8. The Bertz CT molecular complexity index is 1330. The predicted octanol–water partition coefficient (Wildman–Crippen LogP) is 6.51. The van der Waals surface area contributed by atoms with Crippen LogP contribution < -0.4 is 10.6 Å². The Morgan fingerprint density at radius 1 is 0.810 bits per heavy atom. The first-order valence-corrected chi connectivity index (χ1v) is 14.6. The van der Waals surface area contributed by atoms with Crippen LogP contribution in [-0.4, -0.2) is 40.0 Å². The van der Waals surface area contributed by atoms with Gasteiger partial charge in [-0.25, -0.2) is 4.79 Å². The minimum atomic E-state index is -0.971. The van der Waals surface area contributed by atoms with Crippen molar-refractivity contribution < 1.29 is 19.1 Å². The van der Waals surface area contributed by atoms with Crippen LogP contribution in [0.5, 0.6) is 0 Å². The number of ether oxygens (including phenoxy) is 1. The lowest BCUT2D eigenvalue weighted by Crippen LogP contribution is -2.60. The Morgan fingerprint density at radius 2 is 1.36 bits per heavy atom. The second kappa shape index (κ2) is 14.2. The highest BCUT2D eigenvalue weighted by Crippen LogP contribution is 2.34. The SMILES string of the molecule is CCC(C)(C)N(C(=O)C(Cc1ccccc1)NC(=O)OC(C)(C)C)C(C(=O)NCc1ccccc1)c1ccccc1C. The molecule has 0 bridgehead atoms. The van der Waals surface area contributed by atoms with E-state index in [0.717, 1.165) is 22.3 Å². The quantitative estimate of drug-likeness (QED) is 0.275. The van der Waals surface area contributed by atoms with E-state index < -0.39 is 29.3 Å². The molecule has 0 fully saturated rings. The van der Waals surface area contributed by atoms with Crippen molar-refractivity contribution in [2.75, 3.05) is 0 Å². The van der Waals surface area contributed by atoms with Gasteiger partial charge >= 0.3 is 6.09 Å². The van der Waals surface area contributed by atoms with Gasteiger partial charge < -0.3 is 20.3 Å². The van der Waals surface area contributed by atoms with Gasteiger partial charge in [0.2, 0.25) is 11.8 Å². The van der Waals surface area contributed by atoms with Crippen LogP contribution in [-0.2, 0) is 27.3 Å². The summed E-state index contributed by atoms with van der Waals surface area (Å²) < 4.78 is 5.55. The summed E-state index contributed by atoms with van der Waals surface area (Å²) in [5, 5.41) is 5.90. The Hall–Kier alpha value is -4.13. The molecule has 0 saturated carbocycles. The molecule has 0 radical (unpaired) electrons. The molecule has 0 aromatic heterocycles. The van der Waals surface area contributed by atoms with Crippen molar-refractivity contribution in [2.45, 2.75) is 91.1 Å². The van der Waals surface area contributed by atoms with Crippen LogP contribution in [0.4, 0.5) is 4.79 Å². The number of carbonyl (C=O) groups is 3. The van der Waals surface area contributed by atoms with Crippen LogP contribution >= 0.6 is 0 Å². The normalized spacial score (nSPS) is 13.0. The van der Waals surface area contributed by atoms with Gasteiger partial charge in [-0.05, 0) is 70.2 Å². The molecule has 0 aliphatic heterocycles. The van der Waals surface area contributed by atoms with Crippen molar-refractivity contribution in [2.24, 2.45) is 0 Å². The molecule has 2 unspecified atom stereocenters. The van der Waals surface area contributed by atoms with Gasteiger partial charge in [0.1, 0.15) is 17.7 Å². The third-order valence-electron chi connectivity index (χ3n) is 7.33. The lowest BCUT2D eigenvalue weighted by molar-refractivity contribution is -0.149. The van der Waals surface area contributed by atoms with E-state index in [4.69, 9.17) is 4.74 Å². The highest BCUT2D eigenvalue weighted by Gasteiger charge is 2.43. The van der Waals surface area contributed by atoms with Gasteiger partial charge in [-0.3, -0.25) is 9.59 Å². The molecule has 0 aliphatic carbocycles. The topological polar surface area (TPSA) is 87.7 Å². The Balaban J connectivity index is 2.09. The van der Waals surface area contributed by atoms with Gasteiger partial charge in [-0.1, -0.05) is 91.9 Å². The second-order valence-electron chi connectivity index (χ2n) is 12.2. The molecule has 3 aromatic rings. The highest BCUT2D eigenvalue weighted by atomic mass is 16.6. The first-order valence-electron chi connectivity index (χ1n) is 14.6. The van der Waals surface area contributed by atoms with Gasteiger partial charge in [0, 0.05) is 18.5 Å². The summed E-state index contributed by atoms with van der Waals surface area (Å²) in [6, 6.07) is 24.9. The number of alkyl carbamates (subject to hydrolysis) is 1. The van der Waals surface area contributed by atoms with Gasteiger partial charge in [-0.2, -0.15) is 0 Å². The molecule has 42 heavy (non-hydrogen) atoms. The summed E-state index contributed by atoms with van der Waals surface area (Å²) in [5.74, 6) is -0.654. The number of aryl methyl sites for hydroxylation is 1. The van der Waals surface area contributed by atoms with Crippen LogP contribution in [0.2, 0.25) is 0 Å². The van der Waals surface area contributed by atoms with Crippen LogP contribution in [0.1, 0.15) is 76.3 Å². The minimum absolute atomic E-state index is 0.237. The highest BCUT2D eigenvalue weighted by molar-refractivity contribution is 5.93. The van der Waals surface area contributed by atoms with Gasteiger partial charge in [0.05, 0.1) is 0 Å². The van der Waals surface area contributed by atoms with Crippen molar-refractivity contribution in [1.29, 1.82) is 0 Å². The molecule has 2 atom stereocenters. The molecular formula is C35H45N3O4. The number of amides is 3. The van der Waals surface area contributed by atoms with Crippen LogP contribution in [0, 0.1) is 6.92 Å². The van der Waals surface area contributed by atoms with Gasteiger partial charge in [0.25, 0.3) is 0 Å². The maximum Gasteiger partial charge on any atom is 0.408 e. The maximum absolute atomic E-state index is 14.7. The Labute approximate surface area is 250 Å². The molecular weight excluding hydrogens is 526 g/mol. The smallest absolute Gasteiger partial charge is 0.408 e. The summed E-state index contributed by atoms with van der Waals surface area (Å²) in [6.45, 7) is 13.5. The Morgan fingerprint density at radius 3 is 1.90 bits per heavy atom. The number of rotatable bonds is 11. The minimum Gasteiger partial charge on any atom is -0.444 e. The van der Waals surface area contributed by atoms with E-state index >= 15 is 0 Å². The molecule has 2 N–H and O–H groups in total. The van der Waals surface area contributed by atoms with E-state index in [2.05, 4.69) is 10.6 Å². The van der Waals surface area contributed by atoms with E-state index in [0.29, 0.717) is 13.0 Å². The van der Waals surface area contributed by atoms with E-state index in [-0.39, 0.29) is 18.2 Å². The molecule has 3 aromatic carbocycles. The molecule has 0 heterocycles. The Kier molecular flexibility index (Phi) is 10.9. The summed E-state index contributed by atoms with van der Waals surface area (Å²) in [4.78, 5) is 43.5. The third kappa shape index (κ3) is 8.93. The van der Waals surface area contributed by atoms with Crippen LogP contribution in [0.15, 0.2) is 84.9 Å². The van der Waals surface area contributed by atoms with Crippen LogP contribution in [0.3, 0.4) is 0 Å². The van der Waals surface area contributed by atoms with E-state index in [1.165, 1.54) is 0 Å². The number of carbonyl (C=O) groups excluding carboxylic acids is 3. The standard InChI is InChI=1S/C35H45N3O4/c1-8-35(6,7)38(32(40)29(23-26-18-11-9-12-19-26)37-33(41)42-34(3,4)5)30(28-22-16-15-17-25(28)2)31(39)36-24-27-20-13-10-14-21-27/h9-22,29-30H,8,23-24H2,1-7H3,(H,36,39)(H,37,41). The number of hydrogen-bond donors (Lipinski definition) is 2. The monoisotopic (exact) mass is 571 g/mol. The summed E-state index contributed by atoms with van der Waals surface area (Å²) in [5.41, 5.74) is 1.97.